The number of nitrogens with zero attached hydrogens (tertiary/aromatic N) is 2. The van der Waals surface area contributed by atoms with Crippen molar-refractivity contribution in [1.82, 2.24) is 10.3 Å². The van der Waals surface area contributed by atoms with Crippen LogP contribution in [0.3, 0.4) is 0 Å². The fraction of sp³-hybridized carbons (Fsp3) is 0.353. The number of nitrogens with one attached hydrogen (secondary N) is 1. The lowest BCUT2D eigenvalue weighted by atomic mass is 10.0. The monoisotopic (exact) mass is 317 g/mol. The second kappa shape index (κ2) is 5.52. The third kappa shape index (κ3) is 2.46. The van der Waals surface area contributed by atoms with Gasteiger partial charge in [0.25, 0.3) is 0 Å². The average molecular weight is 318 g/mol. The molecule has 0 radical (unpaired) electrons. The highest BCUT2D eigenvalue weighted by atomic mass is 35.5. The molecule has 2 aromatic rings. The van der Waals surface area contributed by atoms with Crippen LogP contribution in [0.5, 0.6) is 0 Å². The highest BCUT2D eigenvalue weighted by Gasteiger charge is 2.35. The molecular formula is C17H17ClFN3. The van der Waals surface area contributed by atoms with Crippen molar-refractivity contribution in [2.75, 3.05) is 24.5 Å². The molecule has 114 valence electrons. The van der Waals surface area contributed by atoms with Crippen LogP contribution in [0.4, 0.5) is 10.1 Å². The summed E-state index contributed by atoms with van der Waals surface area (Å²) in [6.45, 7) is 3.20. The van der Waals surface area contributed by atoms with Gasteiger partial charge in [-0.1, -0.05) is 11.6 Å². The van der Waals surface area contributed by atoms with Gasteiger partial charge in [0, 0.05) is 36.5 Å². The standard InChI is InChI=1S/C17H17ClFN3/c18-17-5-13(19)1-2-16(17)12-4-15(9-21-7-12)22-10-11-3-14(22)8-20-6-11/h1-2,4-5,7,9,11,14,20H,3,6,8,10H2. The smallest absolute Gasteiger partial charge is 0.124 e. The number of halogens is 2. The number of aromatic nitrogens is 1. The molecule has 2 aliphatic rings. The van der Waals surface area contributed by atoms with Crippen LogP contribution in [0.15, 0.2) is 36.7 Å². The predicted octanol–water partition coefficient (Wildman–Crippen LogP) is 3.34. The van der Waals surface area contributed by atoms with Crippen molar-refractivity contribution >= 4 is 17.3 Å². The average Bonchev–Trinajstić information content (AvgIpc) is 2.81. The molecule has 2 bridgehead atoms. The molecule has 1 aromatic carbocycles. The van der Waals surface area contributed by atoms with Gasteiger partial charge in [-0.25, -0.2) is 4.39 Å². The predicted molar refractivity (Wildman–Crippen MR) is 86.8 cm³/mol. The van der Waals surface area contributed by atoms with Gasteiger partial charge in [-0.15, -0.1) is 0 Å². The summed E-state index contributed by atoms with van der Waals surface area (Å²) in [5.74, 6) is 0.397. The van der Waals surface area contributed by atoms with Gasteiger partial charge in [0.2, 0.25) is 0 Å². The Morgan fingerprint density at radius 3 is 2.95 bits per heavy atom. The number of pyridine rings is 1. The lowest BCUT2D eigenvalue weighted by Crippen LogP contribution is -2.39. The highest BCUT2D eigenvalue weighted by molar-refractivity contribution is 6.33. The quantitative estimate of drug-likeness (QED) is 0.921. The molecule has 2 saturated heterocycles. The Kier molecular flexibility index (Phi) is 3.51. The molecule has 2 unspecified atom stereocenters. The number of rotatable bonds is 2. The summed E-state index contributed by atoms with van der Waals surface area (Å²) in [5, 5.41) is 3.90. The Morgan fingerprint density at radius 2 is 2.14 bits per heavy atom. The molecule has 0 amide bonds. The first kappa shape index (κ1) is 14.0. The molecule has 22 heavy (non-hydrogen) atoms. The van der Waals surface area contributed by atoms with Gasteiger partial charge >= 0.3 is 0 Å². The van der Waals surface area contributed by atoms with Gasteiger partial charge in [-0.3, -0.25) is 4.98 Å². The number of anilines is 1. The molecule has 1 N–H and O–H groups in total. The Labute approximate surface area is 134 Å². The zero-order valence-corrected chi connectivity index (χ0v) is 12.9. The normalized spacial score (nSPS) is 23.8. The zero-order valence-electron chi connectivity index (χ0n) is 12.1. The Morgan fingerprint density at radius 1 is 1.23 bits per heavy atom. The SMILES string of the molecule is Fc1ccc(-c2cncc(N3CC4CNCC3C4)c2)c(Cl)c1. The maximum Gasteiger partial charge on any atom is 0.124 e. The molecule has 0 spiro atoms. The van der Waals surface area contributed by atoms with Crippen LogP contribution >= 0.6 is 11.6 Å². The van der Waals surface area contributed by atoms with Crippen LogP contribution in [0.1, 0.15) is 6.42 Å². The van der Waals surface area contributed by atoms with Crippen LogP contribution in [0.25, 0.3) is 11.1 Å². The number of piperidine rings is 1. The van der Waals surface area contributed by atoms with Crippen LogP contribution in [-0.4, -0.2) is 30.7 Å². The third-order valence-electron chi connectivity index (χ3n) is 4.61. The van der Waals surface area contributed by atoms with Crippen molar-refractivity contribution in [3.8, 4) is 11.1 Å². The third-order valence-corrected chi connectivity index (χ3v) is 4.92. The maximum absolute atomic E-state index is 13.2. The van der Waals surface area contributed by atoms with E-state index in [2.05, 4.69) is 21.3 Å². The van der Waals surface area contributed by atoms with Gasteiger partial charge in [0.15, 0.2) is 0 Å². The van der Waals surface area contributed by atoms with Crippen molar-refractivity contribution in [3.63, 3.8) is 0 Å². The fourth-order valence-corrected chi connectivity index (χ4v) is 3.86. The van der Waals surface area contributed by atoms with Crippen molar-refractivity contribution in [3.05, 3.63) is 47.5 Å². The van der Waals surface area contributed by atoms with Crippen LogP contribution in [0.2, 0.25) is 5.02 Å². The first-order valence-corrected chi connectivity index (χ1v) is 7.96. The minimum absolute atomic E-state index is 0.322. The summed E-state index contributed by atoms with van der Waals surface area (Å²) in [4.78, 5) is 6.80. The van der Waals surface area contributed by atoms with E-state index >= 15 is 0 Å². The minimum Gasteiger partial charge on any atom is -0.366 e. The van der Waals surface area contributed by atoms with E-state index in [1.54, 1.807) is 12.3 Å². The van der Waals surface area contributed by atoms with E-state index in [4.69, 9.17) is 11.6 Å². The first-order chi connectivity index (χ1) is 10.7. The summed E-state index contributed by atoms with van der Waals surface area (Å²) in [6, 6.07) is 7.13. The Balaban J connectivity index is 1.69. The van der Waals surface area contributed by atoms with Gasteiger partial charge < -0.3 is 10.2 Å². The van der Waals surface area contributed by atoms with E-state index in [-0.39, 0.29) is 5.82 Å². The Hall–Kier alpha value is -1.65. The number of benzene rings is 1. The molecule has 2 fully saturated rings. The van der Waals surface area contributed by atoms with Crippen LogP contribution in [0, 0.1) is 11.7 Å². The first-order valence-electron chi connectivity index (χ1n) is 7.58. The largest absolute Gasteiger partial charge is 0.366 e. The molecule has 1 aromatic heterocycles. The van der Waals surface area contributed by atoms with Crippen molar-refractivity contribution in [2.24, 2.45) is 5.92 Å². The molecule has 0 saturated carbocycles. The lowest BCUT2D eigenvalue weighted by Gasteiger charge is -2.26. The van der Waals surface area contributed by atoms with Crippen LogP contribution < -0.4 is 10.2 Å². The minimum atomic E-state index is -0.322. The maximum atomic E-state index is 13.2. The van der Waals surface area contributed by atoms with E-state index in [1.165, 1.54) is 18.6 Å². The summed E-state index contributed by atoms with van der Waals surface area (Å²) in [7, 11) is 0. The van der Waals surface area contributed by atoms with Crippen LogP contribution in [-0.2, 0) is 0 Å². The van der Waals surface area contributed by atoms with Crippen molar-refractivity contribution < 1.29 is 4.39 Å². The van der Waals surface area contributed by atoms with E-state index in [0.717, 1.165) is 42.4 Å². The second-order valence-electron chi connectivity index (χ2n) is 6.12. The van der Waals surface area contributed by atoms with Gasteiger partial charge in [0.05, 0.1) is 16.9 Å². The number of fused-ring (bicyclic) bond motifs is 2. The molecule has 5 heteroatoms. The topological polar surface area (TPSA) is 28.2 Å². The van der Waals surface area contributed by atoms with E-state index < -0.39 is 0 Å². The summed E-state index contributed by atoms with van der Waals surface area (Å²) in [6.07, 6.45) is 4.93. The summed E-state index contributed by atoms with van der Waals surface area (Å²) in [5.41, 5.74) is 2.86. The zero-order chi connectivity index (χ0) is 15.1. The molecular weight excluding hydrogens is 301 g/mol. The Bertz CT molecular complexity index is 706. The van der Waals surface area contributed by atoms with Gasteiger partial charge in [-0.05, 0) is 43.1 Å². The molecule has 3 nitrogen and oxygen atoms in total. The molecule has 2 aliphatic heterocycles. The van der Waals surface area contributed by atoms with E-state index in [9.17, 15) is 4.39 Å². The number of hydrogen-bond donors (Lipinski definition) is 1. The molecule has 3 heterocycles. The van der Waals surface area contributed by atoms with Crippen molar-refractivity contribution in [2.45, 2.75) is 12.5 Å². The van der Waals surface area contributed by atoms with Gasteiger partial charge in [-0.2, -0.15) is 0 Å². The molecule has 2 atom stereocenters. The van der Waals surface area contributed by atoms with E-state index in [1.807, 2.05) is 6.20 Å². The van der Waals surface area contributed by atoms with E-state index in [0.29, 0.717) is 11.1 Å². The summed E-state index contributed by atoms with van der Waals surface area (Å²) < 4.78 is 13.2. The summed E-state index contributed by atoms with van der Waals surface area (Å²) >= 11 is 6.17. The number of hydrogen-bond acceptors (Lipinski definition) is 3. The highest BCUT2D eigenvalue weighted by Crippen LogP contribution is 2.34. The second-order valence-corrected chi connectivity index (χ2v) is 6.53. The van der Waals surface area contributed by atoms with Crippen molar-refractivity contribution in [1.29, 1.82) is 0 Å². The molecule has 4 rings (SSSR count). The fourth-order valence-electron chi connectivity index (χ4n) is 3.58. The lowest BCUT2D eigenvalue weighted by molar-refractivity contribution is 0.434. The molecule has 0 aliphatic carbocycles. The van der Waals surface area contributed by atoms with Gasteiger partial charge in [0.1, 0.15) is 5.82 Å².